The summed E-state index contributed by atoms with van der Waals surface area (Å²) in [6.07, 6.45) is 4.58. The van der Waals surface area contributed by atoms with E-state index < -0.39 is 53.1 Å². The molecule has 6 aliphatic rings. The molecule has 0 radical (unpaired) electrons. The van der Waals surface area contributed by atoms with Crippen molar-refractivity contribution in [1.29, 1.82) is 0 Å². The van der Waals surface area contributed by atoms with Crippen molar-refractivity contribution in [3.8, 4) is 23.3 Å². The highest BCUT2D eigenvalue weighted by Crippen LogP contribution is 2.52. The summed E-state index contributed by atoms with van der Waals surface area (Å²) in [5, 5.41) is 61.1. The number of hydrogen-bond acceptors (Lipinski definition) is 11. The summed E-state index contributed by atoms with van der Waals surface area (Å²) in [4.78, 5) is 42.2. The number of phenols is 1. The van der Waals surface area contributed by atoms with Gasteiger partial charge in [0.25, 0.3) is 0 Å². The lowest BCUT2D eigenvalue weighted by atomic mass is 9.56. The molecule has 9 atom stereocenters. The minimum absolute atomic E-state index is 0.0234. The normalized spacial score (nSPS) is 30.8. The van der Waals surface area contributed by atoms with E-state index >= 15 is 4.79 Å². The van der Waals surface area contributed by atoms with E-state index in [0.29, 0.717) is 72.9 Å². The Bertz CT molecular complexity index is 2350. The van der Waals surface area contributed by atoms with Gasteiger partial charge in [0.05, 0.1) is 31.2 Å². The van der Waals surface area contributed by atoms with Gasteiger partial charge in [-0.15, -0.1) is 0 Å². The molecule has 326 valence electrons. The first-order valence-electron chi connectivity index (χ1n) is 22.5. The third-order valence-corrected chi connectivity index (χ3v) is 15.0. The van der Waals surface area contributed by atoms with Gasteiger partial charge >= 0.3 is 11.9 Å². The zero-order chi connectivity index (χ0) is 43.3. The van der Waals surface area contributed by atoms with Gasteiger partial charge < -0.3 is 40.3 Å². The van der Waals surface area contributed by atoms with Gasteiger partial charge in [-0.3, -0.25) is 9.59 Å². The number of hydrogen-bond donors (Lipinski definition) is 6. The molecular formula is C51H57NO10. The molecule has 62 heavy (non-hydrogen) atoms. The summed E-state index contributed by atoms with van der Waals surface area (Å²) >= 11 is 0. The average Bonchev–Trinajstić information content (AvgIpc) is 3.76. The first-order chi connectivity index (χ1) is 29.8. The Morgan fingerprint density at radius 2 is 1.73 bits per heavy atom. The predicted octanol–water partition coefficient (Wildman–Crippen LogP) is 6.20. The van der Waals surface area contributed by atoms with Gasteiger partial charge in [0.2, 0.25) is 0 Å². The number of aliphatic hydroxyl groups excluding tert-OH is 3. The molecule has 0 amide bonds. The van der Waals surface area contributed by atoms with Crippen LogP contribution in [0.2, 0.25) is 0 Å². The summed E-state index contributed by atoms with van der Waals surface area (Å²) in [6, 6.07) is 16.8. The zero-order valence-electron chi connectivity index (χ0n) is 35.3. The third kappa shape index (κ3) is 7.96. The number of carbonyl (C=O) groups excluding carboxylic acids is 3. The lowest BCUT2D eigenvalue weighted by Crippen LogP contribution is -2.59. The molecule has 3 aromatic rings. The minimum atomic E-state index is -1.57. The van der Waals surface area contributed by atoms with E-state index in [-0.39, 0.29) is 73.0 Å². The summed E-state index contributed by atoms with van der Waals surface area (Å²) in [7, 11) is 0. The Kier molecular flexibility index (Phi) is 11.6. The van der Waals surface area contributed by atoms with Crippen LogP contribution in [0.4, 0.5) is 5.69 Å². The van der Waals surface area contributed by atoms with Crippen LogP contribution in [-0.4, -0.2) is 73.7 Å². The van der Waals surface area contributed by atoms with Crippen LogP contribution in [0, 0.1) is 29.6 Å². The molecule has 6 N–H and O–H groups in total. The number of nitrogens with one attached hydrogen (secondary N) is 1. The number of rotatable bonds is 5. The largest absolute Gasteiger partial charge is 0.508 e. The van der Waals surface area contributed by atoms with Crippen molar-refractivity contribution in [2.75, 3.05) is 11.9 Å². The maximum absolute atomic E-state index is 15.2. The van der Waals surface area contributed by atoms with Crippen LogP contribution in [-0.2, 0) is 44.0 Å². The molecule has 0 aromatic heterocycles. The molecular weight excluding hydrogens is 787 g/mol. The number of esters is 2. The van der Waals surface area contributed by atoms with Crippen LogP contribution < -0.4 is 10.1 Å². The minimum Gasteiger partial charge on any atom is -0.508 e. The number of aliphatic hydroxyl groups is 4. The second kappa shape index (κ2) is 16.9. The summed E-state index contributed by atoms with van der Waals surface area (Å²) in [6.45, 7) is 1.62. The molecule has 3 saturated carbocycles. The fraction of sp³-hybridized carbons (Fsp3) is 0.510. The second-order valence-electron chi connectivity index (χ2n) is 18.9. The number of fused-ring (bicyclic) bond motifs is 8. The number of carbonyl (C=O) groups is 3. The van der Waals surface area contributed by atoms with E-state index in [4.69, 9.17) is 9.47 Å². The molecule has 3 fully saturated rings. The van der Waals surface area contributed by atoms with Gasteiger partial charge in [0.15, 0.2) is 0 Å². The zero-order valence-corrected chi connectivity index (χ0v) is 35.3. The number of phenolic OH excluding ortho intramolecular Hbond substituents is 1. The van der Waals surface area contributed by atoms with Crippen molar-refractivity contribution in [2.45, 2.75) is 138 Å². The fourth-order valence-electron chi connectivity index (χ4n) is 11.8. The number of Topliss-reactive ketones (excluding diaryl/α,β-unsaturated/α-hetero) is 1. The quantitative estimate of drug-likeness (QED) is 0.0978. The topological polar surface area (TPSA) is 183 Å². The number of benzene rings is 3. The number of ketones is 1. The van der Waals surface area contributed by atoms with Crippen LogP contribution in [0.3, 0.4) is 0 Å². The van der Waals surface area contributed by atoms with E-state index in [0.717, 1.165) is 30.4 Å². The van der Waals surface area contributed by atoms with Crippen molar-refractivity contribution in [1.82, 2.24) is 0 Å². The van der Waals surface area contributed by atoms with Gasteiger partial charge in [0.1, 0.15) is 29.0 Å². The average molecular weight is 844 g/mol. The van der Waals surface area contributed by atoms with Crippen LogP contribution >= 0.6 is 0 Å². The van der Waals surface area contributed by atoms with E-state index in [2.05, 4.69) is 29.3 Å². The van der Waals surface area contributed by atoms with Crippen LogP contribution in [0.5, 0.6) is 11.5 Å². The molecule has 10 bridgehead atoms. The molecule has 9 unspecified atom stereocenters. The van der Waals surface area contributed by atoms with Gasteiger partial charge in [-0.05, 0) is 116 Å². The van der Waals surface area contributed by atoms with Gasteiger partial charge in [-0.25, -0.2) is 4.79 Å². The molecule has 0 saturated heterocycles. The van der Waals surface area contributed by atoms with Crippen molar-refractivity contribution < 1.29 is 49.4 Å². The standard InChI is InChI=1S/C51H57NO10/c1-29(54)27-52-38-18-31(28-53)16-34(21-38)32-9-10-33-25-48(58)61-45-26-44(56)35(22-40(33)45)24-47-51(60)15-5-8-39-41(43(55)12-11-42(39)51)19-30-6-4-7-37(17-30)50(13-2-3-14-50)46(57)23-36(20-32)49(59)62-47/h4,6-7,16-18,21-23,26,29,32-33,39,41-42,46-47,52-54,56-57,60H,2-3,5,8,11-15,19-20,24-25,27-28H2,1H3. The molecule has 3 aliphatic carbocycles. The van der Waals surface area contributed by atoms with E-state index in [1.165, 1.54) is 6.07 Å². The fourth-order valence-corrected chi connectivity index (χ4v) is 11.8. The highest BCUT2D eigenvalue weighted by molar-refractivity contribution is 5.89. The Labute approximate surface area is 362 Å². The molecule has 3 aliphatic heterocycles. The van der Waals surface area contributed by atoms with Crippen molar-refractivity contribution in [3.05, 3.63) is 99.6 Å². The van der Waals surface area contributed by atoms with Gasteiger partial charge in [-0.2, -0.15) is 0 Å². The SMILES string of the molecule is CC(O)CNc1cc(CO)cc(C2C#CC3CC(=O)Oc4cc(O)c(cc43)CC3OC(=O)C(=CC(O)C4(CCCC4)c4cccc(c4)CC4C(=O)CCC5C4CCCC35O)C2)c1. The van der Waals surface area contributed by atoms with E-state index in [9.17, 15) is 35.1 Å². The predicted molar refractivity (Wildman–Crippen MR) is 230 cm³/mol. The lowest BCUT2D eigenvalue weighted by Gasteiger charge is -2.52. The molecule has 11 nitrogen and oxygen atoms in total. The summed E-state index contributed by atoms with van der Waals surface area (Å²) in [5.74, 6) is 3.44. The lowest BCUT2D eigenvalue weighted by molar-refractivity contribution is -0.191. The summed E-state index contributed by atoms with van der Waals surface area (Å²) in [5.41, 5.74) is 2.68. The van der Waals surface area contributed by atoms with Gasteiger partial charge in [-0.1, -0.05) is 61.4 Å². The molecule has 9 rings (SSSR count). The third-order valence-electron chi connectivity index (χ3n) is 15.0. The monoisotopic (exact) mass is 843 g/mol. The highest BCUT2D eigenvalue weighted by Gasteiger charge is 2.55. The van der Waals surface area contributed by atoms with E-state index in [1.807, 2.05) is 24.3 Å². The molecule has 3 heterocycles. The molecule has 1 spiro atoms. The number of ether oxygens (including phenoxy) is 2. The highest BCUT2D eigenvalue weighted by atomic mass is 16.6. The van der Waals surface area contributed by atoms with Crippen molar-refractivity contribution in [3.63, 3.8) is 0 Å². The Morgan fingerprint density at radius 1 is 0.919 bits per heavy atom. The number of anilines is 1. The second-order valence-corrected chi connectivity index (χ2v) is 18.9. The van der Waals surface area contributed by atoms with Crippen molar-refractivity contribution in [2.24, 2.45) is 17.8 Å². The van der Waals surface area contributed by atoms with Crippen LogP contribution in [0.25, 0.3) is 0 Å². The molecule has 3 aromatic carbocycles. The Hall–Kier alpha value is -4.99. The van der Waals surface area contributed by atoms with E-state index in [1.54, 1.807) is 25.1 Å². The summed E-state index contributed by atoms with van der Waals surface area (Å²) < 4.78 is 12.3. The smallest absolute Gasteiger partial charge is 0.334 e. The Balaban J connectivity index is 1.27. The number of aromatic hydroxyl groups is 1. The molecule has 11 heteroatoms. The van der Waals surface area contributed by atoms with Gasteiger partial charge in [0, 0.05) is 59.5 Å². The van der Waals surface area contributed by atoms with Crippen LogP contribution in [0.1, 0.15) is 123 Å². The maximum atomic E-state index is 15.2. The maximum Gasteiger partial charge on any atom is 0.334 e. The van der Waals surface area contributed by atoms with Crippen LogP contribution in [0.15, 0.2) is 66.2 Å². The first-order valence-corrected chi connectivity index (χ1v) is 22.5. The van der Waals surface area contributed by atoms with Crippen molar-refractivity contribution >= 4 is 23.4 Å². The Morgan fingerprint density at radius 3 is 2.52 bits per heavy atom. The first kappa shape index (κ1) is 42.3.